The summed E-state index contributed by atoms with van der Waals surface area (Å²) in [6, 6.07) is 0. The van der Waals surface area contributed by atoms with E-state index in [-0.39, 0.29) is 25.2 Å². The molecule has 6 heteroatoms. The lowest BCUT2D eigenvalue weighted by molar-refractivity contribution is -0.146. The van der Waals surface area contributed by atoms with Gasteiger partial charge in [-0.2, -0.15) is 0 Å². The van der Waals surface area contributed by atoms with Crippen molar-refractivity contribution in [1.29, 1.82) is 0 Å². The molecule has 0 aromatic rings. The van der Waals surface area contributed by atoms with Gasteiger partial charge in [0.2, 0.25) is 5.76 Å². The van der Waals surface area contributed by atoms with Crippen molar-refractivity contribution in [1.82, 2.24) is 0 Å². The summed E-state index contributed by atoms with van der Waals surface area (Å²) < 4.78 is 9.19. The molecule has 0 saturated heterocycles. The number of carbonyl (C=O) groups is 3. The monoisotopic (exact) mass is 258 g/mol. The molecule has 0 saturated carbocycles. The summed E-state index contributed by atoms with van der Waals surface area (Å²) in [5, 5.41) is 9.55. The van der Waals surface area contributed by atoms with Crippen LogP contribution in [0.2, 0.25) is 0 Å². The Morgan fingerprint density at radius 1 is 1.00 bits per heavy atom. The Morgan fingerprint density at radius 2 is 1.56 bits per heavy atom. The number of hydrogen-bond donors (Lipinski definition) is 1. The van der Waals surface area contributed by atoms with Crippen LogP contribution in [0.3, 0.4) is 0 Å². The fourth-order valence-corrected chi connectivity index (χ4v) is 1.27. The zero-order valence-corrected chi connectivity index (χ0v) is 10.8. The Kier molecular flexibility index (Phi) is 7.42. The SMILES string of the molecule is CCOC(=O)CC(=O)/C(CC)=C(\O)C(=O)OCC. The predicted molar refractivity (Wildman–Crippen MR) is 62.8 cm³/mol. The van der Waals surface area contributed by atoms with Crippen LogP contribution < -0.4 is 0 Å². The molecule has 0 spiro atoms. The van der Waals surface area contributed by atoms with E-state index in [0.717, 1.165) is 0 Å². The van der Waals surface area contributed by atoms with Gasteiger partial charge in [-0.1, -0.05) is 6.92 Å². The quantitative estimate of drug-likeness (QED) is 0.320. The Bertz CT molecular complexity index is 356. The first-order chi connectivity index (χ1) is 8.47. The lowest BCUT2D eigenvalue weighted by Gasteiger charge is -2.07. The smallest absolute Gasteiger partial charge is 0.373 e. The summed E-state index contributed by atoms with van der Waals surface area (Å²) in [7, 11) is 0. The minimum Gasteiger partial charge on any atom is -0.502 e. The molecule has 0 fully saturated rings. The summed E-state index contributed by atoms with van der Waals surface area (Å²) in [5.41, 5.74) is -0.124. The van der Waals surface area contributed by atoms with E-state index < -0.39 is 29.9 Å². The molecule has 0 bridgehead atoms. The maximum absolute atomic E-state index is 11.7. The zero-order valence-electron chi connectivity index (χ0n) is 10.8. The van der Waals surface area contributed by atoms with Gasteiger partial charge in [-0.3, -0.25) is 9.59 Å². The number of rotatable bonds is 7. The van der Waals surface area contributed by atoms with Crippen molar-refractivity contribution >= 4 is 17.7 Å². The maximum Gasteiger partial charge on any atom is 0.373 e. The number of aliphatic hydroxyl groups excluding tert-OH is 1. The van der Waals surface area contributed by atoms with E-state index in [1.54, 1.807) is 20.8 Å². The highest BCUT2D eigenvalue weighted by Gasteiger charge is 2.22. The van der Waals surface area contributed by atoms with Gasteiger partial charge in [0.1, 0.15) is 6.42 Å². The van der Waals surface area contributed by atoms with Gasteiger partial charge in [-0.05, 0) is 20.3 Å². The second-order valence-electron chi connectivity index (χ2n) is 3.31. The second kappa shape index (κ2) is 8.27. The van der Waals surface area contributed by atoms with Crippen LogP contribution in [0.15, 0.2) is 11.3 Å². The molecule has 0 radical (unpaired) electrons. The van der Waals surface area contributed by atoms with E-state index in [1.807, 2.05) is 0 Å². The van der Waals surface area contributed by atoms with Gasteiger partial charge in [0, 0.05) is 5.57 Å². The summed E-state index contributed by atoms with van der Waals surface area (Å²) in [5.74, 6) is -3.04. The van der Waals surface area contributed by atoms with Crippen LogP contribution in [0.5, 0.6) is 0 Å². The van der Waals surface area contributed by atoms with Crippen LogP contribution in [-0.2, 0) is 23.9 Å². The summed E-state index contributed by atoms with van der Waals surface area (Å²) in [6.45, 7) is 5.05. The first-order valence-electron chi connectivity index (χ1n) is 5.75. The van der Waals surface area contributed by atoms with Crippen molar-refractivity contribution in [2.75, 3.05) is 13.2 Å². The maximum atomic E-state index is 11.7. The molecular weight excluding hydrogens is 240 g/mol. The average molecular weight is 258 g/mol. The largest absolute Gasteiger partial charge is 0.502 e. The minimum atomic E-state index is -0.966. The molecule has 0 amide bonds. The Hall–Kier alpha value is -1.85. The molecule has 0 aliphatic heterocycles. The molecule has 0 aromatic heterocycles. The molecule has 0 unspecified atom stereocenters. The number of ether oxygens (including phenoxy) is 2. The lowest BCUT2D eigenvalue weighted by atomic mass is 10.0. The third-order valence-corrected chi connectivity index (χ3v) is 2.05. The molecule has 0 aromatic carbocycles. The van der Waals surface area contributed by atoms with Gasteiger partial charge in [-0.15, -0.1) is 0 Å². The number of carbonyl (C=O) groups excluding carboxylic acids is 3. The fourth-order valence-electron chi connectivity index (χ4n) is 1.27. The number of Topliss-reactive ketones (excluding diaryl/α,β-unsaturated/α-hetero) is 1. The lowest BCUT2D eigenvalue weighted by Crippen LogP contribution is -2.17. The first kappa shape index (κ1) is 16.1. The van der Waals surface area contributed by atoms with Gasteiger partial charge in [-0.25, -0.2) is 4.79 Å². The van der Waals surface area contributed by atoms with Crippen molar-refractivity contribution in [3.63, 3.8) is 0 Å². The van der Waals surface area contributed by atoms with Crippen molar-refractivity contribution in [2.24, 2.45) is 0 Å². The number of allylic oxidation sites excluding steroid dienone is 1. The molecule has 0 atom stereocenters. The number of aliphatic hydroxyl groups is 1. The van der Waals surface area contributed by atoms with Crippen LogP contribution in [-0.4, -0.2) is 36.0 Å². The van der Waals surface area contributed by atoms with Gasteiger partial charge in [0.15, 0.2) is 5.78 Å². The van der Waals surface area contributed by atoms with E-state index in [4.69, 9.17) is 0 Å². The Balaban J connectivity index is 4.85. The van der Waals surface area contributed by atoms with E-state index in [2.05, 4.69) is 9.47 Å². The van der Waals surface area contributed by atoms with Crippen LogP contribution in [0, 0.1) is 0 Å². The number of esters is 2. The molecule has 0 aliphatic carbocycles. The van der Waals surface area contributed by atoms with Crippen LogP contribution in [0.1, 0.15) is 33.6 Å². The summed E-state index contributed by atoms with van der Waals surface area (Å²) >= 11 is 0. The second-order valence-corrected chi connectivity index (χ2v) is 3.31. The van der Waals surface area contributed by atoms with Gasteiger partial charge >= 0.3 is 11.9 Å². The molecule has 0 rings (SSSR count). The Labute approximate surface area is 106 Å². The third kappa shape index (κ3) is 4.99. The van der Waals surface area contributed by atoms with E-state index in [1.165, 1.54) is 0 Å². The molecule has 6 nitrogen and oxygen atoms in total. The molecule has 102 valence electrons. The highest BCUT2D eigenvalue weighted by atomic mass is 16.5. The topological polar surface area (TPSA) is 89.9 Å². The Morgan fingerprint density at radius 3 is 2.00 bits per heavy atom. The number of hydrogen-bond acceptors (Lipinski definition) is 6. The van der Waals surface area contributed by atoms with Gasteiger partial charge in [0.05, 0.1) is 13.2 Å². The number of ketones is 1. The van der Waals surface area contributed by atoms with Gasteiger partial charge in [0.25, 0.3) is 0 Å². The molecule has 1 N–H and O–H groups in total. The molecule has 18 heavy (non-hydrogen) atoms. The summed E-state index contributed by atoms with van der Waals surface area (Å²) in [6.07, 6.45) is -0.372. The normalized spacial score (nSPS) is 11.5. The predicted octanol–water partition coefficient (Wildman–Crippen LogP) is 1.29. The highest BCUT2D eigenvalue weighted by Crippen LogP contribution is 2.12. The van der Waals surface area contributed by atoms with Crippen molar-refractivity contribution in [2.45, 2.75) is 33.6 Å². The van der Waals surface area contributed by atoms with E-state index in [9.17, 15) is 19.5 Å². The van der Waals surface area contributed by atoms with E-state index in [0.29, 0.717) is 0 Å². The molecular formula is C12H18O6. The first-order valence-corrected chi connectivity index (χ1v) is 5.75. The minimum absolute atomic E-state index is 0.0892. The molecule has 0 aliphatic rings. The van der Waals surface area contributed by atoms with Crippen molar-refractivity contribution in [3.05, 3.63) is 11.3 Å². The zero-order chi connectivity index (χ0) is 14.1. The summed E-state index contributed by atoms with van der Waals surface area (Å²) in [4.78, 5) is 34.1. The third-order valence-electron chi connectivity index (χ3n) is 2.05. The fraction of sp³-hybridized carbons (Fsp3) is 0.583. The average Bonchev–Trinajstić information content (AvgIpc) is 2.30. The van der Waals surface area contributed by atoms with Crippen molar-refractivity contribution < 1.29 is 29.0 Å². The highest BCUT2D eigenvalue weighted by molar-refractivity contribution is 6.09. The van der Waals surface area contributed by atoms with E-state index >= 15 is 0 Å². The van der Waals surface area contributed by atoms with Gasteiger partial charge < -0.3 is 14.6 Å². The van der Waals surface area contributed by atoms with Crippen molar-refractivity contribution in [3.8, 4) is 0 Å². The van der Waals surface area contributed by atoms with Crippen LogP contribution in [0.25, 0.3) is 0 Å². The molecule has 0 heterocycles. The van der Waals surface area contributed by atoms with Crippen LogP contribution in [0.4, 0.5) is 0 Å². The van der Waals surface area contributed by atoms with Crippen LogP contribution >= 0.6 is 0 Å². The standard InChI is InChI=1S/C12H18O6/c1-4-8(11(15)12(16)18-6-3)9(13)7-10(14)17-5-2/h15H,4-7H2,1-3H3/b11-8-.